The fourth-order valence-electron chi connectivity index (χ4n) is 0.592. The van der Waals surface area contributed by atoms with E-state index in [1.165, 1.54) is 0 Å². The van der Waals surface area contributed by atoms with Gasteiger partial charge in [-0.15, -0.1) is 11.6 Å². The Bertz CT molecular complexity index is 264. The van der Waals surface area contributed by atoms with Gasteiger partial charge in [-0.2, -0.15) is 15.0 Å². The monoisotopic (exact) mass is 241 g/mol. The zero-order valence-corrected chi connectivity index (χ0v) is 8.77. The maximum Gasteiger partial charge on any atom is 0.322 e. The molecule has 1 heterocycles. The van der Waals surface area contributed by atoms with Crippen molar-refractivity contribution in [3.8, 4) is 6.01 Å². The van der Waals surface area contributed by atoms with E-state index in [1.54, 1.807) is 0 Å². The van der Waals surface area contributed by atoms with Crippen molar-refractivity contribution in [1.82, 2.24) is 15.0 Å². The van der Waals surface area contributed by atoms with Gasteiger partial charge in [0, 0.05) is 5.88 Å². The van der Waals surface area contributed by atoms with Gasteiger partial charge in [-0.1, -0.05) is 0 Å². The lowest BCUT2D eigenvalue weighted by molar-refractivity contribution is 0.292. The van der Waals surface area contributed by atoms with Crippen molar-refractivity contribution in [2.45, 2.75) is 6.42 Å². The van der Waals surface area contributed by atoms with E-state index in [9.17, 15) is 0 Å². The van der Waals surface area contributed by atoms with E-state index >= 15 is 0 Å². The molecule has 72 valence electrons. The standard InChI is InChI=1S/C6H6Cl3N3O/c7-2-1-3-13-6-11-4(8)10-5(9)12-6/h1-3H2. The second kappa shape index (κ2) is 5.42. The van der Waals surface area contributed by atoms with Gasteiger partial charge in [-0.3, -0.25) is 0 Å². The van der Waals surface area contributed by atoms with E-state index in [0.29, 0.717) is 18.9 Å². The van der Waals surface area contributed by atoms with Crippen LogP contribution in [0.25, 0.3) is 0 Å². The molecule has 0 bridgehead atoms. The lowest BCUT2D eigenvalue weighted by Crippen LogP contribution is -2.02. The Labute approximate surface area is 90.2 Å². The molecule has 4 nitrogen and oxygen atoms in total. The molecule has 0 saturated carbocycles. The second-order valence-corrected chi connectivity index (χ2v) is 3.10. The molecule has 0 unspecified atom stereocenters. The number of nitrogens with zero attached hydrogens (tertiary/aromatic N) is 3. The molecule has 0 saturated heterocycles. The minimum absolute atomic E-state index is 0.0147. The number of halogens is 3. The van der Waals surface area contributed by atoms with Gasteiger partial charge in [0.15, 0.2) is 0 Å². The fraction of sp³-hybridized carbons (Fsp3) is 0.500. The average Bonchev–Trinajstić information content (AvgIpc) is 2.03. The van der Waals surface area contributed by atoms with E-state index in [2.05, 4.69) is 15.0 Å². The van der Waals surface area contributed by atoms with Crippen LogP contribution in [0.3, 0.4) is 0 Å². The van der Waals surface area contributed by atoms with Gasteiger partial charge < -0.3 is 4.74 Å². The topological polar surface area (TPSA) is 47.9 Å². The van der Waals surface area contributed by atoms with Crippen LogP contribution < -0.4 is 4.74 Å². The second-order valence-electron chi connectivity index (χ2n) is 2.05. The van der Waals surface area contributed by atoms with Crippen LogP contribution >= 0.6 is 34.8 Å². The van der Waals surface area contributed by atoms with Gasteiger partial charge in [-0.05, 0) is 29.6 Å². The minimum Gasteiger partial charge on any atom is -0.463 e. The van der Waals surface area contributed by atoms with Gasteiger partial charge in [-0.25, -0.2) is 0 Å². The first-order valence-corrected chi connectivity index (χ1v) is 4.77. The number of aromatic nitrogens is 3. The maximum absolute atomic E-state index is 5.51. The largest absolute Gasteiger partial charge is 0.463 e. The van der Waals surface area contributed by atoms with E-state index < -0.39 is 0 Å². The Hall–Kier alpha value is -0.320. The molecule has 0 aromatic carbocycles. The fourth-order valence-corrected chi connectivity index (χ4v) is 1.05. The number of rotatable bonds is 4. The third-order valence-electron chi connectivity index (χ3n) is 1.07. The van der Waals surface area contributed by atoms with Crippen LogP contribution in [0.1, 0.15) is 6.42 Å². The normalized spacial score (nSPS) is 10.1. The average molecular weight is 242 g/mol. The summed E-state index contributed by atoms with van der Waals surface area (Å²) in [6.45, 7) is 0.431. The van der Waals surface area contributed by atoms with Gasteiger partial charge >= 0.3 is 6.01 Å². The summed E-state index contributed by atoms with van der Waals surface area (Å²) in [4.78, 5) is 11.0. The third kappa shape index (κ3) is 3.93. The molecule has 0 N–H and O–H groups in total. The molecule has 0 aliphatic rings. The van der Waals surface area contributed by atoms with Crippen molar-refractivity contribution < 1.29 is 4.74 Å². The van der Waals surface area contributed by atoms with Crippen molar-refractivity contribution in [2.75, 3.05) is 12.5 Å². The minimum atomic E-state index is 0.0147. The van der Waals surface area contributed by atoms with Crippen LogP contribution in [0.2, 0.25) is 10.6 Å². The molecular formula is C6H6Cl3N3O. The lowest BCUT2D eigenvalue weighted by atomic mass is 10.5. The molecule has 7 heteroatoms. The quantitative estimate of drug-likeness (QED) is 0.600. The smallest absolute Gasteiger partial charge is 0.322 e. The summed E-state index contributed by atoms with van der Waals surface area (Å²) in [5.74, 6) is 0.520. The highest BCUT2D eigenvalue weighted by Gasteiger charge is 2.03. The number of ether oxygens (including phenoxy) is 1. The van der Waals surface area contributed by atoms with Gasteiger partial charge in [0.25, 0.3) is 0 Å². The number of hydrogen-bond acceptors (Lipinski definition) is 4. The molecule has 13 heavy (non-hydrogen) atoms. The van der Waals surface area contributed by atoms with Crippen LogP contribution in [-0.4, -0.2) is 27.4 Å². The highest BCUT2D eigenvalue weighted by molar-refractivity contribution is 6.31. The predicted molar refractivity (Wildman–Crippen MR) is 50.7 cm³/mol. The van der Waals surface area contributed by atoms with Crippen molar-refractivity contribution >= 4 is 34.8 Å². The van der Waals surface area contributed by atoms with Crippen molar-refractivity contribution in [2.24, 2.45) is 0 Å². The summed E-state index contributed by atoms with van der Waals surface area (Å²) >= 11 is 16.5. The zero-order chi connectivity index (χ0) is 9.68. The molecule has 0 amide bonds. The molecule has 1 rings (SSSR count). The molecular weight excluding hydrogens is 236 g/mol. The molecule has 0 aliphatic heterocycles. The molecule has 0 atom stereocenters. The lowest BCUT2D eigenvalue weighted by Gasteiger charge is -2.01. The van der Waals surface area contributed by atoms with Gasteiger partial charge in [0.05, 0.1) is 6.61 Å². The summed E-state index contributed by atoms with van der Waals surface area (Å²) in [5, 5.41) is 0.0294. The summed E-state index contributed by atoms with van der Waals surface area (Å²) < 4.78 is 5.09. The molecule has 0 spiro atoms. The Morgan fingerprint density at radius 2 is 1.69 bits per heavy atom. The highest BCUT2D eigenvalue weighted by atomic mass is 35.5. The van der Waals surface area contributed by atoms with Crippen molar-refractivity contribution in [3.63, 3.8) is 0 Å². The summed E-state index contributed by atoms with van der Waals surface area (Å²) in [6.07, 6.45) is 0.711. The highest BCUT2D eigenvalue weighted by Crippen LogP contribution is 2.11. The molecule has 1 aromatic rings. The van der Waals surface area contributed by atoms with Gasteiger partial charge in [0.1, 0.15) is 0 Å². The van der Waals surface area contributed by atoms with E-state index in [0.717, 1.165) is 0 Å². The Kier molecular flexibility index (Phi) is 4.48. The number of alkyl halides is 1. The van der Waals surface area contributed by atoms with Crippen molar-refractivity contribution in [3.05, 3.63) is 10.6 Å². The zero-order valence-electron chi connectivity index (χ0n) is 6.51. The maximum atomic E-state index is 5.51. The Morgan fingerprint density at radius 3 is 2.23 bits per heavy atom. The SMILES string of the molecule is ClCCCOc1nc(Cl)nc(Cl)n1. The predicted octanol–water partition coefficient (Wildman–Crippen LogP) is 2.19. The first-order chi connectivity index (χ1) is 6.22. The van der Waals surface area contributed by atoms with E-state index in [1.807, 2.05) is 0 Å². The summed E-state index contributed by atoms with van der Waals surface area (Å²) in [6, 6.07) is 0.120. The first-order valence-electron chi connectivity index (χ1n) is 3.48. The molecule has 1 aromatic heterocycles. The number of hydrogen-bond donors (Lipinski definition) is 0. The van der Waals surface area contributed by atoms with Crippen LogP contribution in [0.15, 0.2) is 0 Å². The molecule has 0 radical (unpaired) electrons. The van der Waals surface area contributed by atoms with Crippen LogP contribution in [0.5, 0.6) is 6.01 Å². The third-order valence-corrected chi connectivity index (χ3v) is 1.67. The van der Waals surface area contributed by atoms with E-state index in [4.69, 9.17) is 39.5 Å². The molecule has 0 fully saturated rings. The van der Waals surface area contributed by atoms with Gasteiger partial charge in [0.2, 0.25) is 10.6 Å². The molecule has 0 aliphatic carbocycles. The summed E-state index contributed by atoms with van der Waals surface area (Å²) in [5.41, 5.74) is 0. The van der Waals surface area contributed by atoms with Crippen LogP contribution in [0.4, 0.5) is 0 Å². The first kappa shape index (κ1) is 10.8. The Morgan fingerprint density at radius 1 is 1.08 bits per heavy atom. The van der Waals surface area contributed by atoms with E-state index in [-0.39, 0.29) is 16.6 Å². The summed E-state index contributed by atoms with van der Waals surface area (Å²) in [7, 11) is 0. The van der Waals surface area contributed by atoms with Crippen LogP contribution in [-0.2, 0) is 0 Å². The Balaban J connectivity index is 2.56. The van der Waals surface area contributed by atoms with Crippen LogP contribution in [0, 0.1) is 0 Å². The van der Waals surface area contributed by atoms with Crippen molar-refractivity contribution in [1.29, 1.82) is 0 Å².